The summed E-state index contributed by atoms with van der Waals surface area (Å²) in [6.07, 6.45) is 0. The highest BCUT2D eigenvalue weighted by molar-refractivity contribution is 6.21. The predicted molar refractivity (Wildman–Crippen MR) is 263 cm³/mol. The molecule has 0 aliphatic rings. The van der Waals surface area contributed by atoms with E-state index in [1.807, 2.05) is 0 Å². The minimum Gasteiger partial charge on any atom is -0.455 e. The molecule has 0 N–H and O–H groups in total. The first-order chi connectivity index (χ1) is 30.7. The first kappa shape index (κ1) is 35.7. The van der Waals surface area contributed by atoms with Gasteiger partial charge in [0.25, 0.3) is 0 Å². The smallest absolute Gasteiger partial charge is 0.145 e. The predicted octanol–water partition coefficient (Wildman–Crippen LogP) is 17.2. The number of nitrogens with zero attached hydrogens (tertiary/aromatic N) is 1. The van der Waals surface area contributed by atoms with E-state index < -0.39 is 0 Å². The molecule has 12 rings (SSSR count). The highest BCUT2D eigenvalue weighted by Gasteiger charge is 2.25. The number of rotatable bonds is 7. The molecule has 290 valence electrons. The van der Waals surface area contributed by atoms with Crippen LogP contribution in [-0.4, -0.2) is 0 Å². The topological polar surface area (TPSA) is 16.4 Å². The first-order valence-corrected chi connectivity index (χ1v) is 21.2. The molecule has 0 radical (unpaired) electrons. The van der Waals surface area contributed by atoms with Crippen LogP contribution in [0.25, 0.3) is 98.8 Å². The van der Waals surface area contributed by atoms with Crippen molar-refractivity contribution >= 4 is 71.3 Å². The van der Waals surface area contributed by atoms with Crippen molar-refractivity contribution < 1.29 is 4.42 Å². The van der Waals surface area contributed by atoms with E-state index in [1.54, 1.807) is 0 Å². The lowest BCUT2D eigenvalue weighted by atomic mass is 9.91. The van der Waals surface area contributed by atoms with Crippen molar-refractivity contribution in [1.29, 1.82) is 0 Å². The Morgan fingerprint density at radius 2 is 0.903 bits per heavy atom. The lowest BCUT2D eigenvalue weighted by molar-refractivity contribution is 0.670. The van der Waals surface area contributed by atoms with Gasteiger partial charge in [-0.15, -0.1) is 0 Å². The second kappa shape index (κ2) is 14.8. The first-order valence-electron chi connectivity index (χ1n) is 21.2. The molecule has 0 aliphatic carbocycles. The molecule has 0 amide bonds. The Balaban J connectivity index is 1.12. The molecule has 0 bridgehead atoms. The third-order valence-electron chi connectivity index (χ3n) is 12.4. The summed E-state index contributed by atoms with van der Waals surface area (Å²) in [5.41, 5.74) is 14.1. The fourth-order valence-corrected chi connectivity index (χ4v) is 9.47. The maximum absolute atomic E-state index is 7.04. The second-order valence-electron chi connectivity index (χ2n) is 16.0. The summed E-state index contributed by atoms with van der Waals surface area (Å²) in [5.74, 6) is 0. The summed E-state index contributed by atoms with van der Waals surface area (Å²) in [5, 5.41) is 9.47. The number of benzene rings is 11. The van der Waals surface area contributed by atoms with Crippen molar-refractivity contribution in [2.45, 2.75) is 0 Å². The Kier molecular flexibility index (Phi) is 8.53. The van der Waals surface area contributed by atoms with Gasteiger partial charge in [0.05, 0.1) is 16.8 Å². The maximum atomic E-state index is 7.04. The van der Waals surface area contributed by atoms with Gasteiger partial charge < -0.3 is 9.32 Å². The van der Waals surface area contributed by atoms with Gasteiger partial charge in [-0.2, -0.15) is 0 Å². The number of hydrogen-bond acceptors (Lipinski definition) is 2. The van der Waals surface area contributed by atoms with Crippen LogP contribution in [0.5, 0.6) is 0 Å². The number of anilines is 3. The number of furan rings is 1. The van der Waals surface area contributed by atoms with E-state index in [1.165, 1.54) is 49.0 Å². The van der Waals surface area contributed by atoms with Crippen molar-refractivity contribution in [3.8, 4) is 44.5 Å². The van der Waals surface area contributed by atoms with Crippen LogP contribution in [0.4, 0.5) is 17.1 Å². The minimum atomic E-state index is 0.857. The normalized spacial score (nSPS) is 11.5. The molecule has 2 heteroatoms. The van der Waals surface area contributed by atoms with Gasteiger partial charge in [0.15, 0.2) is 0 Å². The summed E-state index contributed by atoms with van der Waals surface area (Å²) < 4.78 is 7.04. The van der Waals surface area contributed by atoms with Crippen LogP contribution in [0.3, 0.4) is 0 Å². The van der Waals surface area contributed by atoms with Gasteiger partial charge in [-0.25, -0.2) is 0 Å². The van der Waals surface area contributed by atoms with E-state index in [2.05, 4.69) is 241 Å². The molecule has 1 heterocycles. The Bertz CT molecular complexity index is 3640. The highest BCUT2D eigenvalue weighted by Crippen LogP contribution is 2.50. The van der Waals surface area contributed by atoms with Gasteiger partial charge in [0.2, 0.25) is 0 Å². The average molecular weight is 790 g/mol. The molecule has 0 atom stereocenters. The van der Waals surface area contributed by atoms with Crippen LogP contribution >= 0.6 is 0 Å². The fourth-order valence-electron chi connectivity index (χ4n) is 9.47. The largest absolute Gasteiger partial charge is 0.455 e. The van der Waals surface area contributed by atoms with E-state index in [9.17, 15) is 0 Å². The number of para-hydroxylation sites is 2. The van der Waals surface area contributed by atoms with Crippen LogP contribution in [-0.2, 0) is 0 Å². The van der Waals surface area contributed by atoms with Crippen molar-refractivity contribution in [1.82, 2.24) is 0 Å². The van der Waals surface area contributed by atoms with Gasteiger partial charge >= 0.3 is 0 Å². The van der Waals surface area contributed by atoms with E-state index in [0.717, 1.165) is 66.8 Å². The zero-order valence-corrected chi connectivity index (χ0v) is 33.9. The Morgan fingerprint density at radius 1 is 0.290 bits per heavy atom. The molecule has 11 aromatic carbocycles. The van der Waals surface area contributed by atoms with Gasteiger partial charge in [0, 0.05) is 22.2 Å². The molecule has 0 saturated heterocycles. The number of hydrogen-bond donors (Lipinski definition) is 0. The molecule has 2 nitrogen and oxygen atoms in total. The molecule has 1 aromatic heterocycles. The third-order valence-corrected chi connectivity index (χ3v) is 12.4. The average Bonchev–Trinajstić information content (AvgIpc) is 3.75. The van der Waals surface area contributed by atoms with Gasteiger partial charge in [-0.3, -0.25) is 0 Å². The van der Waals surface area contributed by atoms with Gasteiger partial charge in [-0.05, 0) is 114 Å². The Hall–Kier alpha value is -8.20. The Morgan fingerprint density at radius 3 is 1.76 bits per heavy atom. The van der Waals surface area contributed by atoms with Crippen LogP contribution in [0, 0.1) is 0 Å². The van der Waals surface area contributed by atoms with Gasteiger partial charge in [0.1, 0.15) is 11.2 Å². The molecule has 0 unspecified atom stereocenters. The molecule has 0 spiro atoms. The van der Waals surface area contributed by atoms with E-state index >= 15 is 0 Å². The summed E-state index contributed by atoms with van der Waals surface area (Å²) in [4.78, 5) is 2.44. The third kappa shape index (κ3) is 6.04. The van der Waals surface area contributed by atoms with Crippen molar-refractivity contribution in [3.05, 3.63) is 237 Å². The highest BCUT2D eigenvalue weighted by atomic mass is 16.3. The summed E-state index contributed by atoms with van der Waals surface area (Å²) in [6.45, 7) is 0. The van der Waals surface area contributed by atoms with Gasteiger partial charge in [-0.1, -0.05) is 188 Å². The summed E-state index contributed by atoms with van der Waals surface area (Å²) in [7, 11) is 0. The molecule has 0 saturated carbocycles. The van der Waals surface area contributed by atoms with Crippen molar-refractivity contribution in [3.63, 3.8) is 0 Å². The molecule has 0 fully saturated rings. The molecule has 12 aromatic rings. The van der Waals surface area contributed by atoms with Crippen LogP contribution in [0.15, 0.2) is 241 Å². The molecule has 62 heavy (non-hydrogen) atoms. The SMILES string of the molecule is c1ccc(-c2ccc(-c3ccccc3N(c3cccc(-c4ccc5ccccc5c4)c3)c3ccc(-c4cc5ccccc5c5ccccc45)c4oc5ccccc5c34)cc2)cc1. The zero-order valence-electron chi connectivity index (χ0n) is 33.9. The number of fused-ring (bicyclic) bond motifs is 7. The zero-order chi connectivity index (χ0) is 41.0. The van der Waals surface area contributed by atoms with Crippen molar-refractivity contribution in [2.75, 3.05) is 4.90 Å². The standard InChI is InChI=1S/C60H39NO/c1-2-15-40(16-3-1)42-29-32-43(33-30-42)50-23-10-12-27-56(50)61(48-21-14-20-45(38-48)46-34-31-41-17-4-5-18-44(41)37-46)57-36-35-53(60-59(57)54-26-11-13-28-58(54)62-60)55-39-47-19-6-7-22-49(47)51-24-8-9-25-52(51)55/h1-39H. The fraction of sp³-hybridized carbons (Fsp3) is 0. The van der Waals surface area contributed by atoms with Crippen LogP contribution in [0.2, 0.25) is 0 Å². The second-order valence-corrected chi connectivity index (χ2v) is 16.0. The van der Waals surface area contributed by atoms with E-state index in [-0.39, 0.29) is 0 Å². The van der Waals surface area contributed by atoms with Crippen LogP contribution < -0.4 is 4.90 Å². The molecular weight excluding hydrogens is 751 g/mol. The molecular formula is C60H39NO. The molecule has 0 aliphatic heterocycles. The van der Waals surface area contributed by atoms with Crippen LogP contribution in [0.1, 0.15) is 0 Å². The van der Waals surface area contributed by atoms with E-state index in [0.29, 0.717) is 0 Å². The lowest BCUT2D eigenvalue weighted by Gasteiger charge is -2.29. The minimum absolute atomic E-state index is 0.857. The monoisotopic (exact) mass is 789 g/mol. The summed E-state index contributed by atoms with van der Waals surface area (Å²) in [6, 6.07) is 85.4. The van der Waals surface area contributed by atoms with Crippen molar-refractivity contribution in [2.24, 2.45) is 0 Å². The lowest BCUT2D eigenvalue weighted by Crippen LogP contribution is -2.12. The summed E-state index contributed by atoms with van der Waals surface area (Å²) >= 11 is 0. The quantitative estimate of drug-likeness (QED) is 0.150. The Labute approximate surface area is 360 Å². The van der Waals surface area contributed by atoms with E-state index in [4.69, 9.17) is 4.42 Å². The maximum Gasteiger partial charge on any atom is 0.145 e.